The molecule has 1 aliphatic carbocycles. The highest BCUT2D eigenvalue weighted by atomic mass is 35.5. The second kappa shape index (κ2) is 7.54. The summed E-state index contributed by atoms with van der Waals surface area (Å²) in [5.41, 5.74) is 1.46. The molecule has 1 saturated carbocycles. The first kappa shape index (κ1) is 18.9. The van der Waals surface area contributed by atoms with Crippen LogP contribution < -0.4 is 0 Å². The summed E-state index contributed by atoms with van der Waals surface area (Å²) in [4.78, 5) is 29.0. The van der Waals surface area contributed by atoms with Crippen LogP contribution in [-0.2, 0) is 4.79 Å². The second-order valence-electron chi connectivity index (χ2n) is 7.38. The minimum absolute atomic E-state index is 0.174. The molecule has 1 saturated heterocycles. The van der Waals surface area contributed by atoms with Gasteiger partial charge in [0.15, 0.2) is 0 Å². The molecule has 0 radical (unpaired) electrons. The third kappa shape index (κ3) is 3.39. The lowest BCUT2D eigenvalue weighted by Gasteiger charge is -2.38. The number of hydrogen-bond donors (Lipinski definition) is 0. The van der Waals surface area contributed by atoms with Crippen LogP contribution in [0.4, 0.5) is 4.39 Å². The summed E-state index contributed by atoms with van der Waals surface area (Å²) >= 11 is 6.46. The summed E-state index contributed by atoms with van der Waals surface area (Å²) in [6.45, 7) is 3.78. The minimum atomic E-state index is -0.352. The molecule has 148 valence electrons. The highest BCUT2D eigenvalue weighted by Crippen LogP contribution is 2.29. The standard InChI is InChI=1S/C20H22ClFN4O2/c1-13-17(18(21)26(23-13)16-7-5-15(22)6-8-16)20(28)25-11-9-24(10-12-25)19(27)14-3-2-4-14/h5-8,14H,2-4,9-12H2,1H3. The Kier molecular flexibility index (Phi) is 5.10. The van der Waals surface area contributed by atoms with Gasteiger partial charge in [0.2, 0.25) is 5.91 Å². The predicted molar refractivity (Wildman–Crippen MR) is 103 cm³/mol. The molecule has 0 atom stereocenters. The molecule has 0 bridgehead atoms. The van der Waals surface area contributed by atoms with E-state index < -0.39 is 0 Å². The van der Waals surface area contributed by atoms with Crippen molar-refractivity contribution in [2.75, 3.05) is 26.2 Å². The number of carbonyl (C=O) groups is 2. The van der Waals surface area contributed by atoms with Gasteiger partial charge >= 0.3 is 0 Å². The van der Waals surface area contributed by atoms with E-state index in [9.17, 15) is 14.0 Å². The van der Waals surface area contributed by atoms with Gasteiger partial charge in [-0.2, -0.15) is 5.10 Å². The van der Waals surface area contributed by atoms with Gasteiger partial charge in [-0.15, -0.1) is 0 Å². The Bertz CT molecular complexity index is 900. The molecule has 0 unspecified atom stereocenters. The van der Waals surface area contributed by atoms with Gasteiger partial charge in [-0.1, -0.05) is 18.0 Å². The van der Waals surface area contributed by atoms with E-state index in [-0.39, 0.29) is 28.7 Å². The topological polar surface area (TPSA) is 58.4 Å². The molecular weight excluding hydrogens is 383 g/mol. The third-order valence-electron chi connectivity index (χ3n) is 5.62. The van der Waals surface area contributed by atoms with Gasteiger partial charge in [0, 0.05) is 32.1 Å². The quantitative estimate of drug-likeness (QED) is 0.790. The molecule has 0 spiro atoms. The molecular formula is C20H22ClFN4O2. The van der Waals surface area contributed by atoms with Gasteiger partial charge in [0.05, 0.1) is 16.9 Å². The number of amides is 2. The van der Waals surface area contributed by atoms with Crippen molar-refractivity contribution in [2.45, 2.75) is 26.2 Å². The van der Waals surface area contributed by atoms with Gasteiger partial charge in [-0.05, 0) is 44.0 Å². The number of rotatable bonds is 3. The van der Waals surface area contributed by atoms with E-state index in [0.29, 0.717) is 43.1 Å². The lowest BCUT2D eigenvalue weighted by molar-refractivity contribution is -0.139. The summed E-state index contributed by atoms with van der Waals surface area (Å²) < 4.78 is 14.6. The van der Waals surface area contributed by atoms with E-state index in [1.54, 1.807) is 24.0 Å². The van der Waals surface area contributed by atoms with Crippen molar-refractivity contribution in [1.29, 1.82) is 0 Å². The fourth-order valence-electron chi connectivity index (χ4n) is 3.70. The van der Waals surface area contributed by atoms with E-state index in [1.165, 1.54) is 16.8 Å². The first-order chi connectivity index (χ1) is 13.5. The van der Waals surface area contributed by atoms with Crippen molar-refractivity contribution in [3.05, 3.63) is 46.5 Å². The highest BCUT2D eigenvalue weighted by molar-refractivity contribution is 6.33. The number of aromatic nitrogens is 2. The van der Waals surface area contributed by atoms with Gasteiger partial charge in [-0.25, -0.2) is 9.07 Å². The highest BCUT2D eigenvalue weighted by Gasteiger charge is 2.33. The van der Waals surface area contributed by atoms with E-state index in [4.69, 9.17) is 11.6 Å². The summed E-state index contributed by atoms with van der Waals surface area (Å²) in [7, 11) is 0. The number of hydrogen-bond acceptors (Lipinski definition) is 3. The Balaban J connectivity index is 1.48. The van der Waals surface area contributed by atoms with Crippen LogP contribution in [0.25, 0.3) is 5.69 Å². The average molecular weight is 405 g/mol. The molecule has 1 aromatic carbocycles. The summed E-state index contributed by atoms with van der Waals surface area (Å²) in [5, 5.41) is 4.57. The van der Waals surface area contributed by atoms with Crippen LogP contribution in [0, 0.1) is 18.7 Å². The van der Waals surface area contributed by atoms with Crippen molar-refractivity contribution in [2.24, 2.45) is 5.92 Å². The number of halogens is 2. The number of piperazine rings is 1. The maximum absolute atomic E-state index is 13.2. The van der Waals surface area contributed by atoms with Crippen LogP contribution in [0.3, 0.4) is 0 Å². The maximum Gasteiger partial charge on any atom is 0.259 e. The minimum Gasteiger partial charge on any atom is -0.339 e. The van der Waals surface area contributed by atoms with Crippen molar-refractivity contribution in [3.8, 4) is 5.69 Å². The molecule has 2 aromatic rings. The Morgan fingerprint density at radius 2 is 1.68 bits per heavy atom. The lowest BCUT2D eigenvalue weighted by Crippen LogP contribution is -2.52. The fraction of sp³-hybridized carbons (Fsp3) is 0.450. The average Bonchev–Trinajstić information content (AvgIpc) is 2.95. The predicted octanol–water partition coefficient (Wildman–Crippen LogP) is 3.06. The van der Waals surface area contributed by atoms with Gasteiger partial charge in [0.25, 0.3) is 5.91 Å². The van der Waals surface area contributed by atoms with E-state index in [2.05, 4.69) is 5.10 Å². The maximum atomic E-state index is 13.2. The SMILES string of the molecule is Cc1nn(-c2ccc(F)cc2)c(Cl)c1C(=O)N1CCN(C(=O)C2CCC2)CC1. The van der Waals surface area contributed by atoms with Crippen molar-refractivity contribution >= 4 is 23.4 Å². The molecule has 1 aromatic heterocycles. The summed E-state index contributed by atoms with van der Waals surface area (Å²) in [6, 6.07) is 5.77. The van der Waals surface area contributed by atoms with Gasteiger partial charge in [0.1, 0.15) is 11.0 Å². The molecule has 0 N–H and O–H groups in total. The molecule has 2 amide bonds. The van der Waals surface area contributed by atoms with Crippen LogP contribution in [0.1, 0.15) is 35.3 Å². The van der Waals surface area contributed by atoms with Crippen LogP contribution in [0.2, 0.25) is 5.15 Å². The first-order valence-corrected chi connectivity index (χ1v) is 9.92. The van der Waals surface area contributed by atoms with Crippen molar-refractivity contribution < 1.29 is 14.0 Å². The van der Waals surface area contributed by atoms with Gasteiger partial charge < -0.3 is 9.80 Å². The second-order valence-corrected chi connectivity index (χ2v) is 7.74. The molecule has 2 heterocycles. The van der Waals surface area contributed by atoms with Crippen LogP contribution >= 0.6 is 11.6 Å². The number of aryl methyl sites for hydroxylation is 1. The van der Waals surface area contributed by atoms with Gasteiger partial charge in [-0.3, -0.25) is 9.59 Å². The largest absolute Gasteiger partial charge is 0.339 e. The number of benzene rings is 1. The molecule has 28 heavy (non-hydrogen) atoms. The van der Waals surface area contributed by atoms with E-state index in [0.717, 1.165) is 19.3 Å². The monoisotopic (exact) mass is 404 g/mol. The Morgan fingerprint density at radius 1 is 1.07 bits per heavy atom. The zero-order chi connectivity index (χ0) is 19.8. The zero-order valence-electron chi connectivity index (χ0n) is 15.7. The number of carbonyl (C=O) groups excluding carboxylic acids is 2. The first-order valence-electron chi connectivity index (χ1n) is 9.55. The molecule has 8 heteroatoms. The molecule has 4 rings (SSSR count). The van der Waals surface area contributed by atoms with E-state index >= 15 is 0 Å². The van der Waals surface area contributed by atoms with Crippen LogP contribution in [0.15, 0.2) is 24.3 Å². The molecule has 2 fully saturated rings. The molecule has 6 nitrogen and oxygen atoms in total. The van der Waals surface area contributed by atoms with Crippen molar-refractivity contribution in [1.82, 2.24) is 19.6 Å². The molecule has 2 aliphatic rings. The van der Waals surface area contributed by atoms with Crippen molar-refractivity contribution in [3.63, 3.8) is 0 Å². The number of nitrogens with zero attached hydrogens (tertiary/aromatic N) is 4. The van der Waals surface area contributed by atoms with Crippen LogP contribution in [0.5, 0.6) is 0 Å². The van der Waals surface area contributed by atoms with E-state index in [1.807, 2.05) is 4.90 Å². The summed E-state index contributed by atoms with van der Waals surface area (Å²) in [6.07, 6.45) is 3.09. The zero-order valence-corrected chi connectivity index (χ0v) is 16.5. The summed E-state index contributed by atoms with van der Waals surface area (Å²) in [5.74, 6) is -0.148. The smallest absolute Gasteiger partial charge is 0.259 e. The normalized spacial score (nSPS) is 17.5. The molecule has 1 aliphatic heterocycles. The fourth-order valence-corrected chi connectivity index (χ4v) is 4.05. The lowest BCUT2D eigenvalue weighted by atomic mass is 9.84. The Labute approximate surface area is 167 Å². The van der Waals surface area contributed by atoms with Crippen LogP contribution in [-0.4, -0.2) is 57.6 Å². The Hall–Kier alpha value is -2.41. The Morgan fingerprint density at radius 3 is 2.25 bits per heavy atom. The third-order valence-corrected chi connectivity index (χ3v) is 5.97.